The summed E-state index contributed by atoms with van der Waals surface area (Å²) in [7, 11) is 0. The van der Waals surface area contributed by atoms with Gasteiger partial charge in [0.1, 0.15) is 0 Å². The Morgan fingerprint density at radius 1 is 1.07 bits per heavy atom. The Balaban J connectivity index is 2.65. The van der Waals surface area contributed by atoms with E-state index in [2.05, 4.69) is 45.9 Å². The Labute approximate surface area is 93.7 Å². The molecule has 0 aliphatic heterocycles. The lowest BCUT2D eigenvalue weighted by atomic mass is 9.92. The molecule has 0 saturated heterocycles. The van der Waals surface area contributed by atoms with Crippen LogP contribution in [0.1, 0.15) is 49.3 Å². The van der Waals surface area contributed by atoms with Crippen LogP contribution in [0.3, 0.4) is 0 Å². The first-order chi connectivity index (χ1) is 7.00. The van der Waals surface area contributed by atoms with Gasteiger partial charge in [-0.1, -0.05) is 25.1 Å². The highest BCUT2D eigenvalue weighted by Crippen LogP contribution is 2.23. The number of aryl methyl sites for hydroxylation is 2. The monoisotopic (exact) mass is 205 g/mol. The Bertz CT molecular complexity index is 315. The molecule has 0 amide bonds. The quantitative estimate of drug-likeness (QED) is 0.799. The van der Waals surface area contributed by atoms with E-state index in [-0.39, 0.29) is 0 Å². The van der Waals surface area contributed by atoms with Crippen LogP contribution in [0.15, 0.2) is 18.2 Å². The maximum atomic E-state index is 5.77. The molecule has 0 fully saturated rings. The van der Waals surface area contributed by atoms with E-state index in [4.69, 9.17) is 5.73 Å². The second-order valence-electron chi connectivity index (χ2n) is 4.80. The van der Waals surface area contributed by atoms with Crippen LogP contribution in [-0.4, -0.2) is 6.04 Å². The molecule has 2 N–H and O–H groups in total. The first-order valence-corrected chi connectivity index (χ1v) is 5.83. The van der Waals surface area contributed by atoms with Crippen molar-refractivity contribution in [2.75, 3.05) is 0 Å². The van der Waals surface area contributed by atoms with Gasteiger partial charge in [0.25, 0.3) is 0 Å². The van der Waals surface area contributed by atoms with Crippen molar-refractivity contribution in [3.63, 3.8) is 0 Å². The Morgan fingerprint density at radius 3 is 2.27 bits per heavy atom. The molecule has 0 aliphatic carbocycles. The number of nitrogens with two attached hydrogens (primary N) is 1. The average Bonchev–Trinajstić information content (AvgIpc) is 2.18. The smallest absolute Gasteiger partial charge is 0.00106 e. The fourth-order valence-corrected chi connectivity index (χ4v) is 1.75. The SMILES string of the molecule is Cc1ccc(C(C)CCC(C)N)cc1C. The zero-order chi connectivity index (χ0) is 11.4. The summed E-state index contributed by atoms with van der Waals surface area (Å²) in [6.45, 7) is 8.70. The minimum Gasteiger partial charge on any atom is -0.328 e. The van der Waals surface area contributed by atoms with Crippen LogP contribution in [0, 0.1) is 13.8 Å². The molecule has 2 atom stereocenters. The van der Waals surface area contributed by atoms with Crippen molar-refractivity contribution in [3.8, 4) is 0 Å². The van der Waals surface area contributed by atoms with E-state index < -0.39 is 0 Å². The molecular formula is C14H23N. The molecule has 0 heterocycles. The fraction of sp³-hybridized carbons (Fsp3) is 0.571. The lowest BCUT2D eigenvalue weighted by Crippen LogP contribution is -2.15. The van der Waals surface area contributed by atoms with Crippen molar-refractivity contribution in [3.05, 3.63) is 34.9 Å². The summed E-state index contributed by atoms with van der Waals surface area (Å²) >= 11 is 0. The van der Waals surface area contributed by atoms with E-state index in [0.29, 0.717) is 12.0 Å². The van der Waals surface area contributed by atoms with Crippen LogP contribution >= 0.6 is 0 Å². The Hall–Kier alpha value is -0.820. The van der Waals surface area contributed by atoms with E-state index in [1.54, 1.807) is 0 Å². The molecule has 1 aromatic carbocycles. The Morgan fingerprint density at radius 2 is 1.73 bits per heavy atom. The maximum Gasteiger partial charge on any atom is 0.00106 e. The molecule has 1 rings (SSSR count). The van der Waals surface area contributed by atoms with Gasteiger partial charge in [0.05, 0.1) is 0 Å². The lowest BCUT2D eigenvalue weighted by molar-refractivity contribution is 0.568. The molecule has 0 radical (unpaired) electrons. The van der Waals surface area contributed by atoms with Crippen LogP contribution in [0.25, 0.3) is 0 Å². The van der Waals surface area contributed by atoms with Gasteiger partial charge < -0.3 is 5.73 Å². The van der Waals surface area contributed by atoms with Gasteiger partial charge in [-0.3, -0.25) is 0 Å². The molecule has 0 bridgehead atoms. The molecule has 0 spiro atoms. The standard InChI is InChI=1S/C14H23N/c1-10-6-8-14(9-12(10)3)11(2)5-7-13(4)15/h6,8-9,11,13H,5,7,15H2,1-4H3. The zero-order valence-electron chi connectivity index (χ0n) is 10.4. The largest absolute Gasteiger partial charge is 0.328 e. The van der Waals surface area contributed by atoms with Gasteiger partial charge in [0.15, 0.2) is 0 Å². The number of hydrogen-bond acceptors (Lipinski definition) is 1. The van der Waals surface area contributed by atoms with Gasteiger partial charge in [-0.15, -0.1) is 0 Å². The van der Waals surface area contributed by atoms with Crippen molar-refractivity contribution < 1.29 is 0 Å². The molecule has 1 aromatic rings. The van der Waals surface area contributed by atoms with Gasteiger partial charge in [-0.25, -0.2) is 0 Å². The van der Waals surface area contributed by atoms with Crippen LogP contribution in [0.5, 0.6) is 0 Å². The van der Waals surface area contributed by atoms with Crippen LogP contribution in [0.2, 0.25) is 0 Å². The minimum absolute atomic E-state index is 0.319. The van der Waals surface area contributed by atoms with E-state index >= 15 is 0 Å². The fourth-order valence-electron chi connectivity index (χ4n) is 1.75. The highest BCUT2D eigenvalue weighted by molar-refractivity contribution is 5.31. The van der Waals surface area contributed by atoms with Gasteiger partial charge in [0.2, 0.25) is 0 Å². The van der Waals surface area contributed by atoms with Crippen molar-refractivity contribution >= 4 is 0 Å². The third-order valence-electron chi connectivity index (χ3n) is 3.16. The third kappa shape index (κ3) is 3.67. The highest BCUT2D eigenvalue weighted by Gasteiger charge is 2.07. The van der Waals surface area contributed by atoms with Gasteiger partial charge in [-0.2, -0.15) is 0 Å². The second-order valence-corrected chi connectivity index (χ2v) is 4.80. The minimum atomic E-state index is 0.319. The number of hydrogen-bond donors (Lipinski definition) is 1. The molecule has 0 saturated carbocycles. The van der Waals surface area contributed by atoms with Crippen LogP contribution < -0.4 is 5.73 Å². The van der Waals surface area contributed by atoms with E-state index in [0.717, 1.165) is 6.42 Å². The Kier molecular flexibility index (Phi) is 4.34. The highest BCUT2D eigenvalue weighted by atomic mass is 14.6. The summed E-state index contributed by atoms with van der Waals surface area (Å²) in [4.78, 5) is 0. The van der Waals surface area contributed by atoms with Gasteiger partial charge >= 0.3 is 0 Å². The van der Waals surface area contributed by atoms with E-state index in [1.807, 2.05) is 0 Å². The zero-order valence-corrected chi connectivity index (χ0v) is 10.4. The molecule has 84 valence electrons. The summed E-state index contributed by atoms with van der Waals surface area (Å²) < 4.78 is 0. The van der Waals surface area contributed by atoms with Gasteiger partial charge in [0, 0.05) is 6.04 Å². The average molecular weight is 205 g/mol. The molecule has 0 aliphatic rings. The topological polar surface area (TPSA) is 26.0 Å². The maximum absolute atomic E-state index is 5.77. The normalized spacial score (nSPS) is 15.0. The molecule has 1 heteroatoms. The summed E-state index contributed by atoms with van der Waals surface area (Å²) in [5, 5.41) is 0. The van der Waals surface area contributed by atoms with Crippen molar-refractivity contribution in [2.45, 2.75) is 52.5 Å². The molecule has 0 aromatic heterocycles. The second kappa shape index (κ2) is 5.32. The molecule has 2 unspecified atom stereocenters. The number of rotatable bonds is 4. The van der Waals surface area contributed by atoms with Crippen molar-refractivity contribution in [1.29, 1.82) is 0 Å². The molecule has 1 nitrogen and oxygen atoms in total. The first-order valence-electron chi connectivity index (χ1n) is 5.83. The molecule has 15 heavy (non-hydrogen) atoms. The summed E-state index contributed by atoms with van der Waals surface area (Å²) in [5.41, 5.74) is 9.98. The van der Waals surface area contributed by atoms with Crippen LogP contribution in [-0.2, 0) is 0 Å². The number of benzene rings is 1. The summed E-state index contributed by atoms with van der Waals surface area (Å²) in [5.74, 6) is 0.621. The van der Waals surface area contributed by atoms with Crippen molar-refractivity contribution in [1.82, 2.24) is 0 Å². The first kappa shape index (κ1) is 12.3. The summed E-state index contributed by atoms with van der Waals surface area (Å²) in [6, 6.07) is 7.08. The predicted molar refractivity (Wildman–Crippen MR) is 67.2 cm³/mol. The van der Waals surface area contributed by atoms with Crippen molar-refractivity contribution in [2.24, 2.45) is 5.73 Å². The third-order valence-corrected chi connectivity index (χ3v) is 3.16. The predicted octanol–water partition coefficient (Wildman–Crippen LogP) is 3.53. The molecular weight excluding hydrogens is 182 g/mol. The van der Waals surface area contributed by atoms with Gasteiger partial charge in [-0.05, 0) is 56.2 Å². The van der Waals surface area contributed by atoms with E-state index in [9.17, 15) is 0 Å². The summed E-state index contributed by atoms with van der Waals surface area (Å²) in [6.07, 6.45) is 2.29. The van der Waals surface area contributed by atoms with E-state index in [1.165, 1.54) is 23.1 Å². The van der Waals surface area contributed by atoms with Crippen LogP contribution in [0.4, 0.5) is 0 Å². The lowest BCUT2D eigenvalue weighted by Gasteiger charge is -2.14.